The van der Waals surface area contributed by atoms with Crippen molar-refractivity contribution in [2.75, 3.05) is 20.6 Å². The van der Waals surface area contributed by atoms with Gasteiger partial charge in [-0.2, -0.15) is 0 Å². The van der Waals surface area contributed by atoms with E-state index >= 15 is 0 Å². The van der Waals surface area contributed by atoms with Gasteiger partial charge in [0.1, 0.15) is 0 Å². The average molecular weight is 161 g/mol. The molecule has 68 valence electrons. The summed E-state index contributed by atoms with van der Waals surface area (Å²) in [6.45, 7) is 2.57. The Morgan fingerprint density at radius 1 is 1.27 bits per heavy atom. The maximum atomic E-state index is 9.17. The van der Waals surface area contributed by atoms with Crippen LogP contribution in [0.3, 0.4) is 0 Å². The molecule has 0 aromatic rings. The Morgan fingerprint density at radius 3 is 2.18 bits per heavy atom. The Balaban J connectivity index is 3.24. The normalized spacial score (nSPS) is 16.9. The largest absolute Gasteiger partial charge is 0.391 e. The minimum Gasteiger partial charge on any atom is -0.391 e. The molecule has 0 rings (SSSR count). The van der Waals surface area contributed by atoms with Crippen LogP contribution in [0, 0.1) is 0 Å². The number of nitrogens with zero attached hydrogens (tertiary/aromatic N) is 1. The first-order valence-electron chi connectivity index (χ1n) is 4.05. The van der Waals surface area contributed by atoms with Crippen molar-refractivity contribution >= 4 is 0 Å². The van der Waals surface area contributed by atoms with E-state index in [9.17, 15) is 5.11 Å². The quantitative estimate of drug-likeness (QED) is 0.599. The van der Waals surface area contributed by atoms with Gasteiger partial charge in [0.15, 0.2) is 0 Å². The van der Waals surface area contributed by atoms with Gasteiger partial charge in [-0.05, 0) is 40.4 Å². The second-order valence-corrected chi connectivity index (χ2v) is 3.25. The van der Waals surface area contributed by atoms with Crippen molar-refractivity contribution in [2.45, 2.75) is 32.0 Å². The molecule has 0 aliphatic heterocycles. The molecule has 2 atom stereocenters. The van der Waals surface area contributed by atoms with Crippen molar-refractivity contribution in [3.63, 3.8) is 0 Å². The lowest BCUT2D eigenvalue weighted by atomic mass is 10.1. The summed E-state index contributed by atoms with van der Waals surface area (Å²) in [6, 6.07) is 0. The van der Waals surface area contributed by atoms with Crippen molar-refractivity contribution in [3.05, 3.63) is 0 Å². The van der Waals surface area contributed by atoms with Crippen LogP contribution in [0.2, 0.25) is 0 Å². The van der Waals surface area contributed by atoms with Gasteiger partial charge in [-0.15, -0.1) is 0 Å². The van der Waals surface area contributed by atoms with Crippen LogP contribution in [0.5, 0.6) is 0 Å². The Kier molecular flexibility index (Phi) is 5.46. The van der Waals surface area contributed by atoms with Crippen LogP contribution in [0.1, 0.15) is 19.8 Å². The lowest BCUT2D eigenvalue weighted by molar-refractivity contribution is 0.0241. The number of hydrogen-bond donors (Lipinski definition) is 2. The van der Waals surface area contributed by atoms with Crippen LogP contribution >= 0.6 is 0 Å². The summed E-state index contributed by atoms with van der Waals surface area (Å²) in [5, 5.41) is 18.1. The highest BCUT2D eigenvalue weighted by molar-refractivity contribution is 4.62. The first-order valence-corrected chi connectivity index (χ1v) is 4.05. The van der Waals surface area contributed by atoms with Gasteiger partial charge in [0.2, 0.25) is 0 Å². The van der Waals surface area contributed by atoms with Gasteiger partial charge in [-0.25, -0.2) is 0 Å². The number of aliphatic hydroxyl groups is 2. The summed E-state index contributed by atoms with van der Waals surface area (Å²) < 4.78 is 0. The zero-order valence-electron chi connectivity index (χ0n) is 7.62. The Hall–Kier alpha value is -0.120. The van der Waals surface area contributed by atoms with E-state index in [2.05, 4.69) is 4.90 Å². The van der Waals surface area contributed by atoms with Crippen LogP contribution < -0.4 is 0 Å². The van der Waals surface area contributed by atoms with Crippen LogP contribution in [0.25, 0.3) is 0 Å². The predicted octanol–water partition coefficient (Wildman–Crippen LogP) is 0.0699. The van der Waals surface area contributed by atoms with Gasteiger partial charge in [-0.3, -0.25) is 0 Å². The molecule has 0 aliphatic carbocycles. The minimum atomic E-state index is -0.600. The molecule has 3 heteroatoms. The highest BCUT2D eigenvalue weighted by Crippen LogP contribution is 2.01. The first kappa shape index (κ1) is 10.9. The fraction of sp³-hybridized carbons (Fsp3) is 1.00. The highest BCUT2D eigenvalue weighted by Gasteiger charge is 2.09. The number of hydrogen-bond acceptors (Lipinski definition) is 3. The molecule has 0 amide bonds. The predicted molar refractivity (Wildman–Crippen MR) is 45.5 cm³/mol. The summed E-state index contributed by atoms with van der Waals surface area (Å²) in [6.07, 6.45) is 0.446. The van der Waals surface area contributed by atoms with Crippen LogP contribution in [-0.2, 0) is 0 Å². The molecule has 0 radical (unpaired) electrons. The monoisotopic (exact) mass is 161 g/mol. The molecule has 11 heavy (non-hydrogen) atoms. The molecule has 0 aromatic carbocycles. The van der Waals surface area contributed by atoms with Crippen molar-refractivity contribution < 1.29 is 10.2 Å². The average Bonchev–Trinajstić information content (AvgIpc) is 1.86. The molecule has 2 N–H and O–H groups in total. The van der Waals surface area contributed by atoms with Gasteiger partial charge >= 0.3 is 0 Å². The lowest BCUT2D eigenvalue weighted by Crippen LogP contribution is -2.24. The summed E-state index contributed by atoms with van der Waals surface area (Å²) in [7, 11) is 3.99. The van der Waals surface area contributed by atoms with Gasteiger partial charge in [0.25, 0.3) is 0 Å². The van der Waals surface area contributed by atoms with E-state index in [0.717, 1.165) is 13.0 Å². The highest BCUT2D eigenvalue weighted by atomic mass is 16.3. The molecular weight excluding hydrogens is 142 g/mol. The van der Waals surface area contributed by atoms with Gasteiger partial charge < -0.3 is 15.1 Å². The van der Waals surface area contributed by atoms with E-state index < -0.39 is 12.2 Å². The minimum absolute atomic E-state index is 0.560. The molecule has 0 spiro atoms. The fourth-order valence-electron chi connectivity index (χ4n) is 0.858. The smallest absolute Gasteiger partial charge is 0.0796 e. The molecule has 0 fully saturated rings. The van der Waals surface area contributed by atoms with E-state index in [1.807, 2.05) is 14.1 Å². The zero-order chi connectivity index (χ0) is 8.85. The maximum absolute atomic E-state index is 9.17. The molecule has 0 saturated carbocycles. The third-order valence-corrected chi connectivity index (χ3v) is 1.66. The fourth-order valence-corrected chi connectivity index (χ4v) is 0.858. The van der Waals surface area contributed by atoms with Crippen molar-refractivity contribution in [1.29, 1.82) is 0 Å². The van der Waals surface area contributed by atoms with E-state index in [0.29, 0.717) is 6.42 Å². The summed E-state index contributed by atoms with van der Waals surface area (Å²) in [5.41, 5.74) is 0. The van der Waals surface area contributed by atoms with E-state index in [4.69, 9.17) is 5.11 Å². The SMILES string of the molecule is C[C@H](O)[C@H](O)CCCN(C)C. The third kappa shape index (κ3) is 6.28. The number of rotatable bonds is 5. The number of aliphatic hydroxyl groups excluding tert-OH is 2. The molecular formula is C8H19NO2. The van der Waals surface area contributed by atoms with Gasteiger partial charge in [-0.1, -0.05) is 0 Å². The lowest BCUT2D eigenvalue weighted by Gasteiger charge is -2.14. The third-order valence-electron chi connectivity index (χ3n) is 1.66. The van der Waals surface area contributed by atoms with Crippen LogP contribution in [0.15, 0.2) is 0 Å². The van der Waals surface area contributed by atoms with E-state index in [1.54, 1.807) is 6.92 Å². The second-order valence-electron chi connectivity index (χ2n) is 3.25. The van der Waals surface area contributed by atoms with Crippen LogP contribution in [0.4, 0.5) is 0 Å². The molecule has 0 heterocycles. The Morgan fingerprint density at radius 2 is 1.82 bits per heavy atom. The zero-order valence-corrected chi connectivity index (χ0v) is 7.62. The van der Waals surface area contributed by atoms with Gasteiger partial charge in [0, 0.05) is 0 Å². The summed E-state index contributed by atoms with van der Waals surface area (Å²) >= 11 is 0. The molecule has 0 bridgehead atoms. The summed E-state index contributed by atoms with van der Waals surface area (Å²) in [5.74, 6) is 0. The van der Waals surface area contributed by atoms with Crippen molar-refractivity contribution in [3.8, 4) is 0 Å². The van der Waals surface area contributed by atoms with Gasteiger partial charge in [0.05, 0.1) is 12.2 Å². The maximum Gasteiger partial charge on any atom is 0.0796 e. The molecule has 0 saturated heterocycles. The van der Waals surface area contributed by atoms with Crippen molar-refractivity contribution in [1.82, 2.24) is 4.90 Å². The standard InChI is InChI=1S/C8H19NO2/c1-7(10)8(11)5-4-6-9(2)3/h7-8,10-11H,4-6H2,1-3H3/t7-,8+/m0/s1. The Bertz CT molecular complexity index is 94.1. The van der Waals surface area contributed by atoms with Crippen molar-refractivity contribution in [2.24, 2.45) is 0 Å². The van der Waals surface area contributed by atoms with Crippen LogP contribution in [-0.4, -0.2) is 48.0 Å². The Labute approximate surface area is 68.6 Å². The summed E-state index contributed by atoms with van der Waals surface area (Å²) in [4.78, 5) is 2.06. The molecule has 0 aromatic heterocycles. The van der Waals surface area contributed by atoms with E-state index in [1.165, 1.54) is 0 Å². The molecule has 3 nitrogen and oxygen atoms in total. The molecule has 0 aliphatic rings. The second kappa shape index (κ2) is 5.52. The molecule has 0 unspecified atom stereocenters. The van der Waals surface area contributed by atoms with E-state index in [-0.39, 0.29) is 0 Å². The first-order chi connectivity index (χ1) is 5.04. The topological polar surface area (TPSA) is 43.7 Å².